The molecule has 11 heteroatoms. The maximum Gasteiger partial charge on any atom is 0.332 e. The van der Waals surface area contributed by atoms with Crippen LogP contribution in [0.25, 0.3) is 5.57 Å². The van der Waals surface area contributed by atoms with Crippen molar-refractivity contribution in [1.82, 2.24) is 0 Å². The van der Waals surface area contributed by atoms with Gasteiger partial charge >= 0.3 is 11.9 Å². The summed E-state index contributed by atoms with van der Waals surface area (Å²) in [6.45, 7) is 0. The molecule has 0 aliphatic carbocycles. The molecule has 33 heavy (non-hydrogen) atoms. The molecule has 1 aliphatic heterocycles. The number of nitrogens with zero attached hydrogens (tertiary/aromatic N) is 1. The molecule has 1 heterocycles. The third-order valence-corrected chi connectivity index (χ3v) is 5.54. The molecule has 3 unspecified atom stereocenters. The van der Waals surface area contributed by atoms with Crippen molar-refractivity contribution in [3.05, 3.63) is 69.7 Å². The first-order valence-electron chi connectivity index (χ1n) is 9.81. The van der Waals surface area contributed by atoms with Crippen molar-refractivity contribution >= 4 is 29.2 Å². The van der Waals surface area contributed by atoms with E-state index in [9.17, 15) is 30.0 Å². The van der Waals surface area contributed by atoms with E-state index in [4.69, 9.17) is 22.3 Å². The van der Waals surface area contributed by atoms with Gasteiger partial charge in [0.05, 0.1) is 5.36 Å². The van der Waals surface area contributed by atoms with Gasteiger partial charge in [0.1, 0.15) is 17.2 Å². The highest BCUT2D eigenvalue weighted by molar-refractivity contribution is 6.01. The van der Waals surface area contributed by atoms with Gasteiger partial charge in [0.2, 0.25) is 0 Å². The number of carboxylic acids is 2. The van der Waals surface area contributed by atoms with Gasteiger partial charge in [-0.3, -0.25) is 15.8 Å². The highest BCUT2D eigenvalue weighted by atomic mass is 16.4. The molecule has 2 aromatic rings. The van der Waals surface area contributed by atoms with E-state index < -0.39 is 48.4 Å². The van der Waals surface area contributed by atoms with Crippen LogP contribution in [-0.2, 0) is 15.1 Å². The number of carboxylic acid groups (broad SMARTS) is 2. The van der Waals surface area contributed by atoms with Crippen LogP contribution < -0.4 is 22.0 Å². The van der Waals surface area contributed by atoms with Crippen molar-refractivity contribution in [3.8, 4) is 0 Å². The molecule has 0 spiro atoms. The van der Waals surface area contributed by atoms with E-state index in [0.717, 1.165) is 0 Å². The molecular formula is C22H23N5O6. The molecule has 0 amide bonds. The summed E-state index contributed by atoms with van der Waals surface area (Å²) in [7, 11) is 0. The predicted octanol–water partition coefficient (Wildman–Crippen LogP) is -1.39. The van der Waals surface area contributed by atoms with Crippen molar-refractivity contribution in [3.63, 3.8) is 0 Å². The summed E-state index contributed by atoms with van der Waals surface area (Å²) in [6, 6.07) is 11.1. The van der Waals surface area contributed by atoms with Crippen LogP contribution in [0.15, 0.2) is 47.5 Å². The van der Waals surface area contributed by atoms with E-state index in [1.54, 1.807) is 30.3 Å². The maximum absolute atomic E-state index is 11.5. The van der Waals surface area contributed by atoms with Crippen LogP contribution in [0.4, 0.5) is 0 Å². The monoisotopic (exact) mass is 453 g/mol. The molecular weight excluding hydrogens is 430 g/mol. The zero-order chi connectivity index (χ0) is 24.5. The molecule has 0 fully saturated rings. The predicted molar refractivity (Wildman–Crippen MR) is 117 cm³/mol. The number of aliphatic hydroxyl groups excluding tert-OH is 2. The number of aliphatic carboxylic acids is 2. The molecule has 3 atom stereocenters. The van der Waals surface area contributed by atoms with Crippen molar-refractivity contribution in [2.24, 2.45) is 16.5 Å². The van der Waals surface area contributed by atoms with Crippen LogP contribution in [0.2, 0.25) is 0 Å². The molecule has 10 N–H and O–H groups in total. The number of amidine groups is 2. The second-order valence-electron chi connectivity index (χ2n) is 7.68. The minimum Gasteiger partial charge on any atom is -0.479 e. The molecule has 2 aromatic carbocycles. The van der Waals surface area contributed by atoms with Gasteiger partial charge in [-0.25, -0.2) is 9.59 Å². The van der Waals surface area contributed by atoms with Crippen LogP contribution >= 0.6 is 0 Å². The largest absolute Gasteiger partial charge is 0.479 e. The number of carbonyl (C=O) groups is 2. The highest BCUT2D eigenvalue weighted by Crippen LogP contribution is 2.42. The zero-order valence-electron chi connectivity index (χ0n) is 17.3. The van der Waals surface area contributed by atoms with Crippen molar-refractivity contribution in [2.45, 2.75) is 30.6 Å². The summed E-state index contributed by atoms with van der Waals surface area (Å²) in [4.78, 5) is 27.7. The number of hydrogen-bond acceptors (Lipinski definition) is 7. The van der Waals surface area contributed by atoms with Gasteiger partial charge in [-0.1, -0.05) is 30.3 Å². The molecule has 0 aromatic heterocycles. The summed E-state index contributed by atoms with van der Waals surface area (Å²) >= 11 is 0. The van der Waals surface area contributed by atoms with Gasteiger partial charge in [0.25, 0.3) is 0 Å². The topological polar surface area (TPSA) is 227 Å². The summed E-state index contributed by atoms with van der Waals surface area (Å²) in [5.41, 5.74) is 10.7. The number of aliphatic hydroxyl groups is 2. The Balaban J connectivity index is 2.49. The summed E-state index contributed by atoms with van der Waals surface area (Å²) in [5, 5.41) is 55.5. The van der Waals surface area contributed by atoms with Gasteiger partial charge in [-0.05, 0) is 23.3 Å². The zero-order valence-corrected chi connectivity index (χ0v) is 17.3. The van der Waals surface area contributed by atoms with Crippen molar-refractivity contribution < 1.29 is 30.0 Å². The second-order valence-corrected chi connectivity index (χ2v) is 7.68. The molecule has 11 nitrogen and oxygen atoms in total. The van der Waals surface area contributed by atoms with E-state index in [2.05, 4.69) is 4.99 Å². The molecule has 0 saturated heterocycles. The van der Waals surface area contributed by atoms with E-state index in [-0.39, 0.29) is 33.1 Å². The lowest BCUT2D eigenvalue weighted by molar-refractivity contribution is -0.148. The average Bonchev–Trinajstić information content (AvgIpc) is 3.07. The van der Waals surface area contributed by atoms with Crippen molar-refractivity contribution in [1.29, 1.82) is 10.8 Å². The van der Waals surface area contributed by atoms with Crippen molar-refractivity contribution in [2.75, 3.05) is 0 Å². The minimum absolute atomic E-state index is 0.0941. The second kappa shape index (κ2) is 8.81. The van der Waals surface area contributed by atoms with Crippen LogP contribution in [0.1, 0.15) is 29.5 Å². The lowest BCUT2D eigenvalue weighted by Gasteiger charge is -2.32. The highest BCUT2D eigenvalue weighted by Gasteiger charge is 2.44. The maximum atomic E-state index is 11.5. The first-order valence-corrected chi connectivity index (χ1v) is 9.81. The van der Waals surface area contributed by atoms with Crippen LogP contribution in [0.5, 0.6) is 0 Å². The fraction of sp³-hybridized carbons (Fsp3) is 0.227. The first kappa shape index (κ1) is 23.6. The summed E-state index contributed by atoms with van der Waals surface area (Å²) in [6.07, 6.45) is -4.71. The normalized spacial score (nSPS) is 18.7. The number of nitrogens with one attached hydrogen (secondary N) is 2. The molecule has 0 radical (unpaired) electrons. The third kappa shape index (κ3) is 4.31. The standard InChI is InChI=1S/C22H23N5O6/c23-18(24)10-6-12(19(25)26)17-13(8-15(28)20(30)31)22(27-14(17)7-10,9-16(29)21(32)33)11-4-2-1-3-5-11/h1-7,15-16,28-29H,8-9H2,(H3,23,24)(H3,25,26)(H,30,31)(H,32,33). The lowest BCUT2D eigenvalue weighted by Crippen LogP contribution is -2.38. The van der Waals surface area contributed by atoms with Crippen LogP contribution in [0.3, 0.4) is 0 Å². The Bertz CT molecular complexity index is 1280. The number of nitrogens with two attached hydrogens (primary N) is 2. The molecule has 0 bridgehead atoms. The van der Waals surface area contributed by atoms with Gasteiger partial charge in [-0.2, -0.15) is 0 Å². The Labute approximate surface area is 187 Å². The lowest BCUT2D eigenvalue weighted by atomic mass is 9.76. The molecule has 1 aliphatic rings. The van der Waals surface area contributed by atoms with E-state index in [1.165, 1.54) is 12.1 Å². The van der Waals surface area contributed by atoms with Gasteiger partial charge in [-0.15, -0.1) is 0 Å². The summed E-state index contributed by atoms with van der Waals surface area (Å²) in [5.74, 6) is -3.77. The fourth-order valence-electron chi connectivity index (χ4n) is 4.04. The number of hydrogen-bond donors (Lipinski definition) is 8. The fourth-order valence-corrected chi connectivity index (χ4v) is 4.04. The Kier molecular flexibility index (Phi) is 6.29. The van der Waals surface area contributed by atoms with E-state index in [1.807, 2.05) is 0 Å². The molecule has 3 rings (SSSR count). The van der Waals surface area contributed by atoms with Gasteiger partial charge in [0.15, 0.2) is 12.2 Å². The Morgan fingerprint density at radius 2 is 1.58 bits per heavy atom. The van der Waals surface area contributed by atoms with Gasteiger partial charge < -0.3 is 31.9 Å². The SMILES string of the molecule is N=C(N)c1cc(C(=N)N)c2c(c1)=NC(CC(O)C(=O)O)(c1ccccc1)C=2CC(O)C(=O)O. The van der Waals surface area contributed by atoms with Gasteiger partial charge in [0, 0.05) is 29.2 Å². The molecule has 172 valence electrons. The van der Waals surface area contributed by atoms with E-state index >= 15 is 0 Å². The van der Waals surface area contributed by atoms with Crippen LogP contribution in [-0.4, -0.2) is 56.2 Å². The van der Waals surface area contributed by atoms with Crippen LogP contribution in [0, 0.1) is 10.8 Å². The smallest absolute Gasteiger partial charge is 0.332 e. The number of rotatable bonds is 9. The summed E-state index contributed by atoms with van der Waals surface area (Å²) < 4.78 is 0. The number of benzene rings is 2. The quantitative estimate of drug-likeness (QED) is 0.166. The average molecular weight is 453 g/mol. The third-order valence-electron chi connectivity index (χ3n) is 5.54. The number of fused-ring (bicyclic) bond motifs is 1. The number of nitrogen functional groups attached to an aromatic ring is 2. The Morgan fingerprint density at radius 3 is 2.09 bits per heavy atom. The van der Waals surface area contributed by atoms with E-state index in [0.29, 0.717) is 5.56 Å². The Hall–Kier alpha value is -4.09. The Morgan fingerprint density at radius 1 is 0.970 bits per heavy atom. The molecule has 0 saturated carbocycles. The first-order chi connectivity index (χ1) is 15.5. The minimum atomic E-state index is -1.88.